The molecular weight excluding hydrogens is 637 g/mol. The molecule has 51 heavy (non-hydrogen) atoms. The van der Waals surface area contributed by atoms with Crippen molar-refractivity contribution in [2.75, 3.05) is 37.3 Å². The molecule has 3 N–H and O–H groups in total. The predicted molar refractivity (Wildman–Crippen MR) is 202 cm³/mol. The monoisotopic (exact) mass is 678 g/mol. The first-order valence-corrected chi connectivity index (χ1v) is 17.1. The van der Waals surface area contributed by atoms with Crippen molar-refractivity contribution >= 4 is 17.1 Å². The summed E-state index contributed by atoms with van der Waals surface area (Å²) in [6.07, 6.45) is 13.1. The Bertz CT molecular complexity index is 1850. The average molecular weight is 679 g/mol. The van der Waals surface area contributed by atoms with Gasteiger partial charge in [0, 0.05) is 56.8 Å². The highest BCUT2D eigenvalue weighted by atomic mass is 16.5. The zero-order chi connectivity index (χ0) is 35.0. The maximum atomic E-state index is 5.98. The zero-order valence-corrected chi connectivity index (χ0v) is 29.2. The molecule has 0 unspecified atom stereocenters. The van der Waals surface area contributed by atoms with E-state index in [1.807, 2.05) is 73.6 Å². The summed E-state index contributed by atoms with van der Waals surface area (Å²) in [6, 6.07) is 25.4. The van der Waals surface area contributed by atoms with Gasteiger partial charge in [-0.05, 0) is 142 Å². The standard InChI is InChI=1S/C42H42N6O3/c1-49-40-22-34-16-32-20-38(47-26-29-6-12-44-13-7-29)42(51-3)24-36(32)18-33-21-39(48-27-30-8-14-45-15-9-30)41(50-2)23-35(33)17-31(34)19-37(40)46-25-28-4-10-43-11-5-28/h4-15,19-24,46-48H,16-18,25-27H2,1-3H3. The molecule has 3 aromatic heterocycles. The molecule has 0 atom stereocenters. The number of rotatable bonds is 12. The van der Waals surface area contributed by atoms with Crippen molar-refractivity contribution in [3.8, 4) is 17.2 Å². The number of nitrogens with zero attached hydrogens (tertiary/aromatic N) is 3. The van der Waals surface area contributed by atoms with E-state index in [1.165, 1.54) is 33.4 Å². The van der Waals surface area contributed by atoms with Crippen LogP contribution in [0.3, 0.4) is 0 Å². The Hall–Kier alpha value is -6.09. The van der Waals surface area contributed by atoms with Gasteiger partial charge in [-0.15, -0.1) is 0 Å². The second kappa shape index (κ2) is 15.6. The number of pyridine rings is 3. The molecule has 0 fully saturated rings. The number of anilines is 3. The van der Waals surface area contributed by atoms with Crippen LogP contribution in [0, 0.1) is 0 Å². The van der Waals surface area contributed by atoms with Gasteiger partial charge in [-0.3, -0.25) is 15.0 Å². The van der Waals surface area contributed by atoms with Crippen LogP contribution in [-0.2, 0) is 38.9 Å². The molecule has 0 aliphatic heterocycles. The largest absolute Gasteiger partial charge is 0.495 e. The van der Waals surface area contributed by atoms with Crippen LogP contribution >= 0.6 is 0 Å². The van der Waals surface area contributed by atoms with Crippen molar-refractivity contribution in [1.82, 2.24) is 15.0 Å². The van der Waals surface area contributed by atoms with E-state index in [-0.39, 0.29) is 0 Å². The summed E-state index contributed by atoms with van der Waals surface area (Å²) in [5.74, 6) is 2.42. The molecule has 0 saturated carbocycles. The lowest BCUT2D eigenvalue weighted by molar-refractivity contribution is 0.415. The Labute approximate surface area is 299 Å². The lowest BCUT2D eigenvalue weighted by atomic mass is 9.93. The number of fused-ring (bicyclic) bond motifs is 3. The molecule has 3 heterocycles. The van der Waals surface area contributed by atoms with Gasteiger partial charge in [0.1, 0.15) is 17.2 Å². The molecule has 0 bridgehead atoms. The quantitative estimate of drug-likeness (QED) is 0.119. The van der Waals surface area contributed by atoms with Crippen molar-refractivity contribution in [2.24, 2.45) is 0 Å². The van der Waals surface area contributed by atoms with Crippen LogP contribution in [0.25, 0.3) is 0 Å². The number of hydrogen-bond acceptors (Lipinski definition) is 9. The fourth-order valence-corrected chi connectivity index (χ4v) is 6.62. The van der Waals surface area contributed by atoms with Crippen molar-refractivity contribution in [3.05, 3.63) is 160 Å². The van der Waals surface area contributed by atoms with E-state index < -0.39 is 0 Å². The summed E-state index contributed by atoms with van der Waals surface area (Å²) < 4.78 is 17.9. The van der Waals surface area contributed by atoms with Gasteiger partial charge in [-0.1, -0.05) is 0 Å². The molecule has 3 aromatic carbocycles. The first-order chi connectivity index (χ1) is 25.1. The normalized spacial score (nSPS) is 11.8. The summed E-state index contributed by atoms with van der Waals surface area (Å²) in [5, 5.41) is 10.9. The number of benzene rings is 3. The van der Waals surface area contributed by atoms with Crippen molar-refractivity contribution in [2.45, 2.75) is 38.9 Å². The Balaban J connectivity index is 1.31. The third kappa shape index (κ3) is 7.88. The summed E-state index contributed by atoms with van der Waals surface area (Å²) in [6.45, 7) is 1.97. The van der Waals surface area contributed by atoms with Crippen LogP contribution in [-0.4, -0.2) is 36.3 Å². The van der Waals surface area contributed by atoms with Crippen LogP contribution in [0.2, 0.25) is 0 Å². The second-order valence-electron chi connectivity index (χ2n) is 12.6. The zero-order valence-electron chi connectivity index (χ0n) is 29.2. The van der Waals surface area contributed by atoms with E-state index in [0.717, 1.165) is 70.3 Å². The van der Waals surface area contributed by atoms with Crippen molar-refractivity contribution in [3.63, 3.8) is 0 Å². The summed E-state index contributed by atoms with van der Waals surface area (Å²) in [7, 11) is 5.19. The van der Waals surface area contributed by atoms with E-state index >= 15 is 0 Å². The molecule has 1 aliphatic carbocycles. The van der Waals surface area contributed by atoms with E-state index in [2.05, 4.69) is 67.3 Å². The lowest BCUT2D eigenvalue weighted by Gasteiger charge is -2.19. The van der Waals surface area contributed by atoms with Crippen LogP contribution < -0.4 is 30.2 Å². The first-order valence-electron chi connectivity index (χ1n) is 17.1. The molecule has 7 rings (SSSR count). The summed E-state index contributed by atoms with van der Waals surface area (Å²) >= 11 is 0. The second-order valence-corrected chi connectivity index (χ2v) is 12.6. The molecule has 0 spiro atoms. The van der Waals surface area contributed by atoms with Gasteiger partial charge in [-0.25, -0.2) is 0 Å². The topological polar surface area (TPSA) is 102 Å². The Morgan fingerprint density at radius 1 is 0.412 bits per heavy atom. The Kier molecular flexibility index (Phi) is 10.2. The maximum absolute atomic E-state index is 5.98. The first kappa shape index (κ1) is 33.4. The highest BCUT2D eigenvalue weighted by Gasteiger charge is 2.22. The molecular formula is C42H42N6O3. The van der Waals surface area contributed by atoms with Crippen molar-refractivity contribution < 1.29 is 14.2 Å². The third-order valence-electron chi connectivity index (χ3n) is 9.40. The van der Waals surface area contributed by atoms with Crippen molar-refractivity contribution in [1.29, 1.82) is 0 Å². The van der Waals surface area contributed by atoms with Gasteiger partial charge in [0.05, 0.1) is 38.4 Å². The fraction of sp³-hybridized carbons (Fsp3) is 0.214. The number of methoxy groups -OCH3 is 3. The summed E-state index contributed by atoms with van der Waals surface area (Å²) in [4.78, 5) is 12.5. The molecule has 6 aromatic rings. The van der Waals surface area contributed by atoms with Gasteiger partial charge in [0.15, 0.2) is 0 Å². The van der Waals surface area contributed by atoms with Gasteiger partial charge in [0.25, 0.3) is 0 Å². The number of nitrogens with one attached hydrogen (secondary N) is 3. The van der Waals surface area contributed by atoms with E-state index in [9.17, 15) is 0 Å². The molecule has 0 saturated heterocycles. The van der Waals surface area contributed by atoms with Crippen LogP contribution in [0.1, 0.15) is 50.1 Å². The van der Waals surface area contributed by atoms with Crippen LogP contribution in [0.15, 0.2) is 110 Å². The maximum Gasteiger partial charge on any atom is 0.142 e. The number of ether oxygens (including phenoxy) is 3. The highest BCUT2D eigenvalue weighted by molar-refractivity contribution is 5.67. The smallest absolute Gasteiger partial charge is 0.142 e. The minimum absolute atomic E-state index is 0.656. The summed E-state index contributed by atoms with van der Waals surface area (Å²) in [5.41, 5.74) is 13.6. The average Bonchev–Trinajstić information content (AvgIpc) is 3.24. The minimum Gasteiger partial charge on any atom is -0.495 e. The Morgan fingerprint density at radius 3 is 0.922 bits per heavy atom. The van der Waals surface area contributed by atoms with Crippen LogP contribution in [0.4, 0.5) is 17.1 Å². The molecule has 0 amide bonds. The molecule has 9 heteroatoms. The number of aromatic nitrogens is 3. The molecule has 9 nitrogen and oxygen atoms in total. The van der Waals surface area contributed by atoms with E-state index in [1.54, 1.807) is 21.3 Å². The van der Waals surface area contributed by atoms with Gasteiger partial charge in [-0.2, -0.15) is 0 Å². The molecule has 258 valence electrons. The number of hydrogen-bond donors (Lipinski definition) is 3. The highest BCUT2D eigenvalue weighted by Crippen LogP contribution is 2.39. The fourth-order valence-electron chi connectivity index (χ4n) is 6.62. The SMILES string of the molecule is COc1cc2c(cc1NCc1ccncc1)Cc1cc(OC)c(NCc3ccncc3)cc1Cc1cc(OC)c(NCc3ccncc3)cc1C2. The van der Waals surface area contributed by atoms with Gasteiger partial charge < -0.3 is 30.2 Å². The van der Waals surface area contributed by atoms with Gasteiger partial charge in [0.2, 0.25) is 0 Å². The molecule has 0 radical (unpaired) electrons. The lowest BCUT2D eigenvalue weighted by Crippen LogP contribution is -2.06. The van der Waals surface area contributed by atoms with E-state index in [4.69, 9.17) is 14.2 Å². The van der Waals surface area contributed by atoms with E-state index in [0.29, 0.717) is 19.6 Å². The Morgan fingerprint density at radius 2 is 0.667 bits per heavy atom. The third-order valence-corrected chi connectivity index (χ3v) is 9.40. The predicted octanol–water partition coefficient (Wildman–Crippen LogP) is 7.82. The molecule has 1 aliphatic rings. The van der Waals surface area contributed by atoms with Gasteiger partial charge >= 0.3 is 0 Å². The minimum atomic E-state index is 0.656. The van der Waals surface area contributed by atoms with Crippen LogP contribution in [0.5, 0.6) is 17.2 Å².